The van der Waals surface area contributed by atoms with Gasteiger partial charge in [0.05, 0.1) is 18.1 Å². The van der Waals surface area contributed by atoms with Gasteiger partial charge in [-0.15, -0.1) is 0 Å². The summed E-state index contributed by atoms with van der Waals surface area (Å²) in [5.74, 6) is 0. The average Bonchev–Trinajstić information content (AvgIpc) is 3.11. The van der Waals surface area contributed by atoms with Gasteiger partial charge in [0.2, 0.25) is 0 Å². The van der Waals surface area contributed by atoms with Crippen molar-refractivity contribution in [3.63, 3.8) is 0 Å². The molecular weight excluding hydrogens is 228 g/mol. The molecular formula is C13H24N4O. The van der Waals surface area contributed by atoms with Gasteiger partial charge in [0.25, 0.3) is 0 Å². The van der Waals surface area contributed by atoms with Crippen LogP contribution in [0.5, 0.6) is 0 Å². The molecule has 1 aliphatic rings. The normalized spacial score (nSPS) is 18.8. The summed E-state index contributed by atoms with van der Waals surface area (Å²) in [6.45, 7) is 2.96. The van der Waals surface area contributed by atoms with Gasteiger partial charge >= 0.3 is 0 Å². The molecule has 2 unspecified atom stereocenters. The third-order valence-corrected chi connectivity index (χ3v) is 3.51. The molecule has 5 nitrogen and oxygen atoms in total. The van der Waals surface area contributed by atoms with Crippen LogP contribution in [-0.4, -0.2) is 33.9 Å². The lowest BCUT2D eigenvalue weighted by Gasteiger charge is -2.23. The quantitative estimate of drug-likeness (QED) is 0.644. The van der Waals surface area contributed by atoms with Crippen molar-refractivity contribution in [3.8, 4) is 0 Å². The van der Waals surface area contributed by atoms with E-state index in [-0.39, 0.29) is 12.6 Å². The zero-order valence-electron chi connectivity index (χ0n) is 11.0. The minimum Gasteiger partial charge on any atom is -0.396 e. The van der Waals surface area contributed by atoms with Gasteiger partial charge in [-0.2, -0.15) is 0 Å². The van der Waals surface area contributed by atoms with Gasteiger partial charge in [-0.1, -0.05) is 0 Å². The maximum Gasteiger partial charge on any atom is 0.0951 e. The largest absolute Gasteiger partial charge is 0.396 e. The van der Waals surface area contributed by atoms with Gasteiger partial charge in [0.1, 0.15) is 0 Å². The summed E-state index contributed by atoms with van der Waals surface area (Å²) < 4.78 is 2.25. The Balaban J connectivity index is 1.96. The summed E-state index contributed by atoms with van der Waals surface area (Å²) in [6.07, 6.45) is 8.12. The van der Waals surface area contributed by atoms with E-state index in [1.807, 2.05) is 12.5 Å². The molecule has 1 heterocycles. The van der Waals surface area contributed by atoms with Crippen LogP contribution in [0.1, 0.15) is 50.4 Å². The molecule has 5 heteroatoms. The second kappa shape index (κ2) is 6.31. The molecule has 0 aromatic carbocycles. The topological polar surface area (TPSA) is 76.1 Å². The number of imidazole rings is 1. The number of hydrogen-bond acceptors (Lipinski definition) is 4. The van der Waals surface area contributed by atoms with Crippen LogP contribution in [0.2, 0.25) is 0 Å². The Morgan fingerprint density at radius 3 is 3.00 bits per heavy atom. The Kier molecular flexibility index (Phi) is 4.74. The zero-order chi connectivity index (χ0) is 13.0. The van der Waals surface area contributed by atoms with Crippen LogP contribution in [0.25, 0.3) is 0 Å². The van der Waals surface area contributed by atoms with Crippen molar-refractivity contribution < 1.29 is 5.11 Å². The molecule has 0 bridgehead atoms. The van der Waals surface area contributed by atoms with E-state index in [2.05, 4.69) is 21.8 Å². The third kappa shape index (κ3) is 3.31. The van der Waals surface area contributed by atoms with E-state index < -0.39 is 0 Å². The molecule has 1 aliphatic carbocycles. The summed E-state index contributed by atoms with van der Waals surface area (Å²) in [6, 6.07) is 1.14. The lowest BCUT2D eigenvalue weighted by atomic mass is 10.1. The van der Waals surface area contributed by atoms with Crippen LogP contribution in [0, 0.1) is 0 Å². The molecule has 1 fully saturated rings. The number of nitrogens with two attached hydrogens (primary N) is 1. The Morgan fingerprint density at radius 2 is 2.39 bits per heavy atom. The van der Waals surface area contributed by atoms with Crippen molar-refractivity contribution >= 4 is 0 Å². The molecule has 1 aromatic heterocycles. The van der Waals surface area contributed by atoms with Crippen LogP contribution in [0.4, 0.5) is 0 Å². The second-order valence-electron chi connectivity index (χ2n) is 5.18. The summed E-state index contributed by atoms with van der Waals surface area (Å²) >= 11 is 0. The predicted molar refractivity (Wildman–Crippen MR) is 71.2 cm³/mol. The van der Waals surface area contributed by atoms with E-state index >= 15 is 0 Å². The molecule has 0 spiro atoms. The fourth-order valence-electron chi connectivity index (χ4n) is 2.34. The Bertz CT molecular complexity index is 362. The maximum atomic E-state index is 8.85. The molecule has 1 saturated carbocycles. The Morgan fingerprint density at radius 1 is 1.61 bits per heavy atom. The number of nitrogens with zero attached hydrogens (tertiary/aromatic N) is 2. The first-order chi connectivity index (χ1) is 8.76. The number of aliphatic hydroxyl groups excluding tert-OH is 1. The average molecular weight is 252 g/mol. The van der Waals surface area contributed by atoms with Crippen LogP contribution in [0.15, 0.2) is 12.5 Å². The summed E-state index contributed by atoms with van der Waals surface area (Å²) in [5.41, 5.74) is 7.07. The first kappa shape index (κ1) is 13.5. The lowest BCUT2D eigenvalue weighted by molar-refractivity contribution is 0.273. The van der Waals surface area contributed by atoms with E-state index in [0.29, 0.717) is 18.6 Å². The molecule has 0 radical (unpaired) electrons. The molecule has 18 heavy (non-hydrogen) atoms. The fourth-order valence-corrected chi connectivity index (χ4v) is 2.34. The molecule has 1 aromatic rings. The number of aromatic nitrogens is 2. The van der Waals surface area contributed by atoms with Crippen molar-refractivity contribution in [2.45, 2.75) is 50.7 Å². The van der Waals surface area contributed by atoms with E-state index in [1.165, 1.54) is 18.5 Å². The molecule has 0 aliphatic heterocycles. The van der Waals surface area contributed by atoms with Crippen molar-refractivity contribution in [2.75, 3.05) is 13.2 Å². The number of hydrogen-bond donors (Lipinski definition) is 3. The first-order valence-corrected chi connectivity index (χ1v) is 6.85. The maximum absolute atomic E-state index is 8.85. The SMILES string of the molecule is CC(CCCO)NC(CN)c1cncn1C1CC1. The Hall–Kier alpha value is -0.910. The van der Waals surface area contributed by atoms with E-state index in [4.69, 9.17) is 10.8 Å². The van der Waals surface area contributed by atoms with E-state index in [1.54, 1.807) is 0 Å². The second-order valence-corrected chi connectivity index (χ2v) is 5.18. The minimum absolute atomic E-state index is 0.154. The van der Waals surface area contributed by atoms with Gasteiger partial charge in [-0.25, -0.2) is 4.98 Å². The molecule has 2 atom stereocenters. The van der Waals surface area contributed by atoms with Gasteiger partial charge < -0.3 is 20.7 Å². The summed E-state index contributed by atoms with van der Waals surface area (Å²) in [5, 5.41) is 12.4. The lowest BCUT2D eigenvalue weighted by Crippen LogP contribution is -2.36. The molecule has 4 N–H and O–H groups in total. The highest BCUT2D eigenvalue weighted by Crippen LogP contribution is 2.36. The van der Waals surface area contributed by atoms with Crippen LogP contribution in [0.3, 0.4) is 0 Å². The van der Waals surface area contributed by atoms with E-state index in [9.17, 15) is 0 Å². The number of rotatable bonds is 8. The van der Waals surface area contributed by atoms with Crippen molar-refractivity contribution in [1.29, 1.82) is 0 Å². The third-order valence-electron chi connectivity index (χ3n) is 3.51. The predicted octanol–water partition coefficient (Wildman–Crippen LogP) is 0.968. The number of aliphatic hydroxyl groups is 1. The summed E-state index contributed by atoms with van der Waals surface area (Å²) in [4.78, 5) is 4.25. The van der Waals surface area contributed by atoms with Crippen LogP contribution in [-0.2, 0) is 0 Å². The monoisotopic (exact) mass is 252 g/mol. The van der Waals surface area contributed by atoms with Gasteiger partial charge in [-0.3, -0.25) is 0 Å². The first-order valence-electron chi connectivity index (χ1n) is 6.85. The van der Waals surface area contributed by atoms with Crippen molar-refractivity contribution in [1.82, 2.24) is 14.9 Å². The standard InChI is InChI=1S/C13H24N4O/c1-10(3-2-6-18)16-12(7-14)13-8-15-9-17(13)11-4-5-11/h8-12,16,18H,2-7,14H2,1H3. The summed E-state index contributed by atoms with van der Waals surface area (Å²) in [7, 11) is 0. The highest BCUT2D eigenvalue weighted by atomic mass is 16.2. The van der Waals surface area contributed by atoms with E-state index in [0.717, 1.165) is 12.8 Å². The molecule has 2 rings (SSSR count). The van der Waals surface area contributed by atoms with Crippen molar-refractivity contribution in [3.05, 3.63) is 18.2 Å². The highest BCUT2D eigenvalue weighted by Gasteiger charge is 2.27. The smallest absolute Gasteiger partial charge is 0.0951 e. The van der Waals surface area contributed by atoms with Gasteiger partial charge in [0.15, 0.2) is 0 Å². The number of nitrogens with one attached hydrogen (secondary N) is 1. The van der Waals surface area contributed by atoms with Crippen LogP contribution >= 0.6 is 0 Å². The highest BCUT2D eigenvalue weighted by molar-refractivity contribution is 5.10. The molecule has 0 amide bonds. The van der Waals surface area contributed by atoms with Crippen molar-refractivity contribution in [2.24, 2.45) is 5.73 Å². The molecule has 102 valence electrons. The minimum atomic E-state index is 0.154. The molecule has 0 saturated heterocycles. The van der Waals surface area contributed by atoms with Gasteiger partial charge in [-0.05, 0) is 32.6 Å². The van der Waals surface area contributed by atoms with Crippen LogP contribution < -0.4 is 11.1 Å². The zero-order valence-corrected chi connectivity index (χ0v) is 11.0. The fraction of sp³-hybridized carbons (Fsp3) is 0.769. The van der Waals surface area contributed by atoms with Gasteiger partial charge in [0, 0.05) is 31.4 Å². The Labute approximate surface area is 108 Å².